The number of amides is 2. The number of rotatable bonds is 14. The molecule has 1 N–H and O–H groups in total. The molecule has 0 aromatic heterocycles. The van der Waals surface area contributed by atoms with E-state index >= 15 is 0 Å². The van der Waals surface area contributed by atoms with Gasteiger partial charge in [0.05, 0.1) is 11.9 Å². The van der Waals surface area contributed by atoms with Crippen molar-refractivity contribution in [2.75, 3.05) is 23.7 Å². The van der Waals surface area contributed by atoms with Crippen LogP contribution in [0.15, 0.2) is 78.9 Å². The first-order valence-corrected chi connectivity index (χ1v) is 15.6. The SMILES string of the molecule is CCCNC(=O)[C@H](Cc1ccccc1)N(Cc1ccc(C)cc1)C(=O)CCCN(c1cccc(C)c1)S(C)(=O)=O. The molecule has 40 heavy (non-hydrogen) atoms. The van der Waals surface area contributed by atoms with Gasteiger partial charge in [-0.25, -0.2) is 8.42 Å². The maximum atomic E-state index is 13.8. The van der Waals surface area contributed by atoms with Crippen LogP contribution in [-0.4, -0.2) is 50.5 Å². The van der Waals surface area contributed by atoms with Crippen molar-refractivity contribution >= 4 is 27.5 Å². The summed E-state index contributed by atoms with van der Waals surface area (Å²) in [5, 5.41) is 2.98. The molecular weight excluding hydrogens is 522 g/mol. The van der Waals surface area contributed by atoms with Gasteiger partial charge in [0.2, 0.25) is 21.8 Å². The highest BCUT2D eigenvalue weighted by Crippen LogP contribution is 2.21. The summed E-state index contributed by atoms with van der Waals surface area (Å²) in [6.07, 6.45) is 2.77. The predicted octanol–water partition coefficient (Wildman–Crippen LogP) is 5.02. The van der Waals surface area contributed by atoms with Crippen molar-refractivity contribution < 1.29 is 18.0 Å². The van der Waals surface area contributed by atoms with Gasteiger partial charge in [0, 0.05) is 32.5 Å². The largest absolute Gasteiger partial charge is 0.354 e. The van der Waals surface area contributed by atoms with Crippen LogP contribution in [0.4, 0.5) is 5.69 Å². The molecule has 3 rings (SSSR count). The summed E-state index contributed by atoms with van der Waals surface area (Å²) in [5.41, 5.74) is 4.53. The summed E-state index contributed by atoms with van der Waals surface area (Å²) >= 11 is 0. The van der Waals surface area contributed by atoms with Crippen molar-refractivity contribution in [3.8, 4) is 0 Å². The van der Waals surface area contributed by atoms with Crippen molar-refractivity contribution in [2.45, 2.75) is 59.0 Å². The van der Waals surface area contributed by atoms with Crippen molar-refractivity contribution in [2.24, 2.45) is 0 Å². The smallest absolute Gasteiger partial charge is 0.243 e. The number of aryl methyl sites for hydroxylation is 2. The second kappa shape index (κ2) is 14.7. The number of hydrogen-bond donors (Lipinski definition) is 1. The zero-order valence-electron chi connectivity index (χ0n) is 24.0. The standard InChI is InChI=1S/C32H41N3O4S/c1-5-20-33-32(37)30(23-27-12-7-6-8-13-27)34(24-28-18-16-25(2)17-19-28)31(36)15-10-21-35(40(4,38)39)29-14-9-11-26(3)22-29/h6-9,11-14,16-19,22,30H,5,10,15,20-21,23-24H2,1-4H3,(H,33,37)/t30-/m0/s1. The quantitative estimate of drug-likeness (QED) is 0.299. The summed E-state index contributed by atoms with van der Waals surface area (Å²) in [4.78, 5) is 28.9. The van der Waals surface area contributed by atoms with Crippen molar-refractivity contribution in [3.63, 3.8) is 0 Å². The fourth-order valence-electron chi connectivity index (χ4n) is 4.60. The number of sulfonamides is 1. The summed E-state index contributed by atoms with van der Waals surface area (Å²) in [7, 11) is -3.54. The van der Waals surface area contributed by atoms with E-state index in [4.69, 9.17) is 0 Å². The Hall–Kier alpha value is -3.65. The lowest BCUT2D eigenvalue weighted by atomic mass is 10.0. The molecule has 0 aliphatic heterocycles. The zero-order chi connectivity index (χ0) is 29.1. The van der Waals surface area contributed by atoms with Crippen molar-refractivity contribution in [3.05, 3.63) is 101 Å². The highest BCUT2D eigenvalue weighted by molar-refractivity contribution is 7.92. The highest BCUT2D eigenvalue weighted by atomic mass is 32.2. The Bertz CT molecular complexity index is 1360. The summed E-state index contributed by atoms with van der Waals surface area (Å²) in [6, 6.07) is 24.2. The Morgan fingerprint density at radius 1 is 0.875 bits per heavy atom. The molecule has 0 aliphatic carbocycles. The lowest BCUT2D eigenvalue weighted by molar-refractivity contribution is -0.141. The molecule has 1 atom stereocenters. The van der Waals surface area contributed by atoms with Crippen LogP contribution < -0.4 is 9.62 Å². The molecule has 8 heteroatoms. The van der Waals surface area contributed by atoms with Gasteiger partial charge in [0.1, 0.15) is 6.04 Å². The minimum Gasteiger partial charge on any atom is -0.354 e. The van der Waals surface area contributed by atoms with Gasteiger partial charge in [-0.1, -0.05) is 79.2 Å². The van der Waals surface area contributed by atoms with Gasteiger partial charge in [-0.3, -0.25) is 13.9 Å². The van der Waals surface area contributed by atoms with E-state index in [2.05, 4.69) is 5.32 Å². The number of benzene rings is 3. The molecule has 0 bridgehead atoms. The van der Waals surface area contributed by atoms with E-state index in [9.17, 15) is 18.0 Å². The minimum absolute atomic E-state index is 0.107. The van der Waals surface area contributed by atoms with Crippen LogP contribution in [0, 0.1) is 13.8 Å². The molecule has 2 amide bonds. The molecule has 0 heterocycles. The number of nitrogens with one attached hydrogen (secondary N) is 1. The second-order valence-electron chi connectivity index (χ2n) is 10.3. The van der Waals surface area contributed by atoms with Gasteiger partial charge in [0.25, 0.3) is 0 Å². The Labute approximate surface area is 239 Å². The lowest BCUT2D eigenvalue weighted by Crippen LogP contribution is -2.50. The first-order chi connectivity index (χ1) is 19.1. The number of carbonyl (C=O) groups is 2. The third-order valence-electron chi connectivity index (χ3n) is 6.74. The number of carbonyl (C=O) groups excluding carboxylic acids is 2. The van der Waals surface area contributed by atoms with Crippen LogP contribution in [0.25, 0.3) is 0 Å². The van der Waals surface area contributed by atoms with Crippen molar-refractivity contribution in [1.82, 2.24) is 10.2 Å². The van der Waals surface area contributed by atoms with E-state index in [1.165, 1.54) is 10.6 Å². The highest BCUT2D eigenvalue weighted by Gasteiger charge is 2.30. The minimum atomic E-state index is -3.54. The molecule has 3 aromatic carbocycles. The van der Waals surface area contributed by atoms with E-state index < -0.39 is 16.1 Å². The first-order valence-electron chi connectivity index (χ1n) is 13.8. The molecule has 3 aromatic rings. The molecule has 0 unspecified atom stereocenters. The molecule has 0 aliphatic rings. The average Bonchev–Trinajstić information content (AvgIpc) is 2.92. The Morgan fingerprint density at radius 3 is 2.20 bits per heavy atom. The Balaban J connectivity index is 1.86. The summed E-state index contributed by atoms with van der Waals surface area (Å²) < 4.78 is 26.5. The summed E-state index contributed by atoms with van der Waals surface area (Å²) in [6.45, 7) is 6.87. The van der Waals surface area contributed by atoms with Crippen LogP contribution >= 0.6 is 0 Å². The average molecular weight is 564 g/mol. The normalized spacial score (nSPS) is 12.0. The molecule has 7 nitrogen and oxygen atoms in total. The van der Waals surface area contributed by atoms with E-state index in [0.717, 1.165) is 28.7 Å². The summed E-state index contributed by atoms with van der Waals surface area (Å²) in [5.74, 6) is -0.380. The maximum absolute atomic E-state index is 13.8. The lowest BCUT2D eigenvalue weighted by Gasteiger charge is -2.32. The molecule has 0 radical (unpaired) electrons. The fraction of sp³-hybridized carbons (Fsp3) is 0.375. The van der Waals surface area contributed by atoms with Crippen LogP contribution in [0.2, 0.25) is 0 Å². The Morgan fingerprint density at radius 2 is 1.57 bits per heavy atom. The van der Waals surface area contributed by atoms with Crippen LogP contribution in [0.1, 0.15) is 48.4 Å². The molecule has 0 fully saturated rings. The molecule has 214 valence electrons. The van der Waals surface area contributed by atoms with Crippen LogP contribution in [0.5, 0.6) is 0 Å². The van der Waals surface area contributed by atoms with Gasteiger partial charge in [0.15, 0.2) is 0 Å². The maximum Gasteiger partial charge on any atom is 0.243 e. The zero-order valence-corrected chi connectivity index (χ0v) is 24.8. The van der Waals surface area contributed by atoms with E-state index in [1.54, 1.807) is 11.0 Å². The topological polar surface area (TPSA) is 86.8 Å². The molecule has 0 saturated carbocycles. The van der Waals surface area contributed by atoms with Gasteiger partial charge in [-0.15, -0.1) is 0 Å². The van der Waals surface area contributed by atoms with Gasteiger partial charge in [-0.05, 0) is 55.5 Å². The predicted molar refractivity (Wildman–Crippen MR) is 162 cm³/mol. The van der Waals surface area contributed by atoms with E-state index in [0.29, 0.717) is 25.1 Å². The third kappa shape index (κ3) is 9.23. The first kappa shape index (κ1) is 30.9. The monoisotopic (exact) mass is 563 g/mol. The van der Waals surface area contributed by atoms with Gasteiger partial charge < -0.3 is 10.2 Å². The van der Waals surface area contributed by atoms with E-state index in [1.807, 2.05) is 93.6 Å². The number of anilines is 1. The van der Waals surface area contributed by atoms with Crippen LogP contribution in [0.3, 0.4) is 0 Å². The van der Waals surface area contributed by atoms with E-state index in [-0.39, 0.29) is 31.3 Å². The third-order valence-corrected chi connectivity index (χ3v) is 7.93. The number of hydrogen-bond acceptors (Lipinski definition) is 4. The van der Waals surface area contributed by atoms with Gasteiger partial charge in [-0.2, -0.15) is 0 Å². The van der Waals surface area contributed by atoms with Crippen LogP contribution in [-0.2, 0) is 32.6 Å². The Kier molecular flexibility index (Phi) is 11.3. The fourth-order valence-corrected chi connectivity index (χ4v) is 5.55. The molecule has 0 spiro atoms. The van der Waals surface area contributed by atoms with Gasteiger partial charge >= 0.3 is 0 Å². The van der Waals surface area contributed by atoms with Crippen molar-refractivity contribution in [1.29, 1.82) is 0 Å². The second-order valence-corrected chi connectivity index (χ2v) is 12.2. The number of nitrogens with zero attached hydrogens (tertiary/aromatic N) is 2. The molecular formula is C32H41N3O4S. The molecule has 0 saturated heterocycles.